The highest BCUT2D eigenvalue weighted by Gasteiger charge is 2.34. The SMILES string of the molecule is CC(c1ccc2ccccc2c1)N(CC(=O)Nc1cccc(C(=O)N2CCSCC2)c1)C1CC1. The molecule has 2 amide bonds. The first-order valence-corrected chi connectivity index (χ1v) is 13.3. The zero-order valence-corrected chi connectivity index (χ0v) is 20.4. The van der Waals surface area contributed by atoms with E-state index in [1.165, 1.54) is 16.3 Å². The van der Waals surface area contributed by atoms with Crippen LogP contribution >= 0.6 is 11.8 Å². The lowest BCUT2D eigenvalue weighted by molar-refractivity contribution is -0.118. The van der Waals surface area contributed by atoms with Gasteiger partial charge in [-0.3, -0.25) is 14.5 Å². The van der Waals surface area contributed by atoms with Crippen LogP contribution in [0.15, 0.2) is 66.7 Å². The number of anilines is 1. The molecule has 6 heteroatoms. The van der Waals surface area contributed by atoms with Gasteiger partial charge in [0.05, 0.1) is 6.54 Å². The van der Waals surface area contributed by atoms with Crippen LogP contribution < -0.4 is 5.32 Å². The van der Waals surface area contributed by atoms with Crippen LogP contribution in [0.1, 0.15) is 41.7 Å². The van der Waals surface area contributed by atoms with E-state index < -0.39 is 0 Å². The molecular formula is C28H31N3O2S. The van der Waals surface area contributed by atoms with Crippen LogP contribution in [0.4, 0.5) is 5.69 Å². The number of thioether (sulfide) groups is 1. The van der Waals surface area contributed by atoms with Gasteiger partial charge >= 0.3 is 0 Å². The van der Waals surface area contributed by atoms with Gasteiger partial charge in [-0.15, -0.1) is 0 Å². The summed E-state index contributed by atoms with van der Waals surface area (Å²) < 4.78 is 0. The Morgan fingerprint density at radius 2 is 1.76 bits per heavy atom. The van der Waals surface area contributed by atoms with E-state index in [1.807, 2.05) is 34.9 Å². The van der Waals surface area contributed by atoms with Crippen molar-refractivity contribution in [3.05, 3.63) is 77.9 Å². The van der Waals surface area contributed by atoms with E-state index in [0.29, 0.717) is 23.8 Å². The van der Waals surface area contributed by atoms with Crippen molar-refractivity contribution in [3.63, 3.8) is 0 Å². The zero-order chi connectivity index (χ0) is 23.5. The monoisotopic (exact) mass is 473 g/mol. The summed E-state index contributed by atoms with van der Waals surface area (Å²) in [4.78, 5) is 30.1. The van der Waals surface area contributed by atoms with Gasteiger partial charge in [0.15, 0.2) is 0 Å². The van der Waals surface area contributed by atoms with Crippen LogP contribution in [-0.4, -0.2) is 58.8 Å². The number of benzene rings is 3. The summed E-state index contributed by atoms with van der Waals surface area (Å²) in [5, 5.41) is 5.49. The fourth-order valence-corrected chi connectivity index (χ4v) is 5.60. The number of hydrogen-bond acceptors (Lipinski definition) is 4. The highest BCUT2D eigenvalue weighted by Crippen LogP contribution is 2.35. The van der Waals surface area contributed by atoms with Gasteiger partial charge in [-0.25, -0.2) is 0 Å². The van der Waals surface area contributed by atoms with Crippen LogP contribution in [0.5, 0.6) is 0 Å². The summed E-state index contributed by atoms with van der Waals surface area (Å²) in [7, 11) is 0. The van der Waals surface area contributed by atoms with Crippen molar-refractivity contribution in [1.82, 2.24) is 9.80 Å². The predicted octanol–water partition coefficient (Wildman–Crippen LogP) is 5.19. The van der Waals surface area contributed by atoms with E-state index in [-0.39, 0.29) is 17.9 Å². The van der Waals surface area contributed by atoms with Crippen LogP contribution in [0, 0.1) is 0 Å². The van der Waals surface area contributed by atoms with Crippen molar-refractivity contribution in [2.24, 2.45) is 0 Å². The second kappa shape index (κ2) is 10.2. The van der Waals surface area contributed by atoms with Gasteiger partial charge in [0.2, 0.25) is 5.91 Å². The normalized spacial score (nSPS) is 17.1. The van der Waals surface area contributed by atoms with Crippen molar-refractivity contribution in [2.75, 3.05) is 36.5 Å². The summed E-state index contributed by atoms with van der Waals surface area (Å²) in [5.41, 5.74) is 2.54. The Kier molecular flexibility index (Phi) is 6.88. The number of rotatable bonds is 7. The van der Waals surface area contributed by atoms with Crippen LogP contribution in [0.25, 0.3) is 10.8 Å². The number of carbonyl (C=O) groups excluding carboxylic acids is 2. The molecule has 1 saturated carbocycles. The Morgan fingerprint density at radius 3 is 2.53 bits per heavy atom. The first kappa shape index (κ1) is 22.9. The molecule has 3 aromatic rings. The average Bonchev–Trinajstić information content (AvgIpc) is 3.72. The summed E-state index contributed by atoms with van der Waals surface area (Å²) in [5.74, 6) is 1.96. The maximum absolute atomic E-state index is 13.0. The molecule has 2 fully saturated rings. The Labute approximate surface area is 205 Å². The maximum atomic E-state index is 13.0. The molecule has 0 bridgehead atoms. The lowest BCUT2D eigenvalue weighted by Crippen LogP contribution is -2.38. The van der Waals surface area contributed by atoms with Crippen LogP contribution in [0.3, 0.4) is 0 Å². The first-order chi connectivity index (χ1) is 16.6. The molecular weight excluding hydrogens is 442 g/mol. The summed E-state index contributed by atoms with van der Waals surface area (Å²) >= 11 is 1.88. The first-order valence-electron chi connectivity index (χ1n) is 12.1. The van der Waals surface area contributed by atoms with Gasteiger partial charge in [-0.2, -0.15) is 11.8 Å². The number of hydrogen-bond donors (Lipinski definition) is 1. The average molecular weight is 474 g/mol. The minimum atomic E-state index is -0.0430. The predicted molar refractivity (Wildman–Crippen MR) is 140 cm³/mol. The van der Waals surface area contributed by atoms with E-state index in [4.69, 9.17) is 0 Å². The quantitative estimate of drug-likeness (QED) is 0.513. The molecule has 3 aromatic carbocycles. The third kappa shape index (κ3) is 5.29. The number of carbonyl (C=O) groups is 2. The van der Waals surface area contributed by atoms with Crippen molar-refractivity contribution >= 4 is 40.0 Å². The molecule has 1 heterocycles. The molecule has 0 aromatic heterocycles. The minimum absolute atomic E-state index is 0.0425. The highest BCUT2D eigenvalue weighted by molar-refractivity contribution is 7.99. The molecule has 5 nitrogen and oxygen atoms in total. The van der Waals surface area contributed by atoms with Crippen molar-refractivity contribution in [3.8, 4) is 0 Å². The Balaban J connectivity index is 1.26. The van der Waals surface area contributed by atoms with Gasteiger partial charge in [-0.1, -0.05) is 42.5 Å². The number of nitrogens with one attached hydrogen (secondary N) is 1. The minimum Gasteiger partial charge on any atom is -0.337 e. The van der Waals surface area contributed by atoms with Crippen molar-refractivity contribution in [1.29, 1.82) is 0 Å². The second-order valence-corrected chi connectivity index (χ2v) is 10.4. The third-order valence-electron chi connectivity index (χ3n) is 6.79. The van der Waals surface area contributed by atoms with Gasteiger partial charge < -0.3 is 10.2 Å². The van der Waals surface area contributed by atoms with Gasteiger partial charge in [-0.05, 0) is 60.4 Å². The third-order valence-corrected chi connectivity index (χ3v) is 7.73. The number of fused-ring (bicyclic) bond motifs is 1. The fraction of sp³-hybridized carbons (Fsp3) is 0.357. The lowest BCUT2D eigenvalue weighted by Gasteiger charge is -2.29. The molecule has 1 aliphatic carbocycles. The molecule has 5 rings (SSSR count). The molecule has 1 unspecified atom stereocenters. The van der Waals surface area contributed by atoms with Crippen LogP contribution in [0.2, 0.25) is 0 Å². The highest BCUT2D eigenvalue weighted by atomic mass is 32.2. The van der Waals surface area contributed by atoms with E-state index in [2.05, 4.69) is 59.6 Å². The van der Waals surface area contributed by atoms with E-state index in [0.717, 1.165) is 37.4 Å². The Morgan fingerprint density at radius 1 is 1.00 bits per heavy atom. The molecule has 34 heavy (non-hydrogen) atoms. The Hall–Kier alpha value is -2.83. The standard InChI is InChI=1S/C28H31N3O2S/c1-20(22-10-9-21-5-2-3-6-23(21)17-22)31(26-11-12-26)19-27(32)29-25-8-4-7-24(18-25)28(33)30-13-15-34-16-14-30/h2-10,17-18,20,26H,11-16,19H2,1H3,(H,29,32). The fourth-order valence-electron chi connectivity index (χ4n) is 4.69. The number of nitrogens with zero attached hydrogens (tertiary/aromatic N) is 2. The largest absolute Gasteiger partial charge is 0.337 e. The molecule has 1 N–H and O–H groups in total. The van der Waals surface area contributed by atoms with Crippen molar-refractivity contribution < 1.29 is 9.59 Å². The molecule has 2 aliphatic rings. The summed E-state index contributed by atoms with van der Waals surface area (Å²) in [6, 6.07) is 22.9. The van der Waals surface area contributed by atoms with Gasteiger partial charge in [0.25, 0.3) is 5.91 Å². The second-order valence-electron chi connectivity index (χ2n) is 9.22. The molecule has 0 radical (unpaired) electrons. The summed E-state index contributed by atoms with van der Waals surface area (Å²) in [6.45, 7) is 4.08. The Bertz CT molecular complexity index is 1190. The molecule has 1 atom stereocenters. The van der Waals surface area contributed by atoms with E-state index in [1.54, 1.807) is 6.07 Å². The molecule has 0 spiro atoms. The van der Waals surface area contributed by atoms with E-state index in [9.17, 15) is 9.59 Å². The topological polar surface area (TPSA) is 52.7 Å². The van der Waals surface area contributed by atoms with Crippen LogP contribution in [-0.2, 0) is 4.79 Å². The maximum Gasteiger partial charge on any atom is 0.253 e. The molecule has 176 valence electrons. The smallest absolute Gasteiger partial charge is 0.253 e. The lowest BCUT2D eigenvalue weighted by atomic mass is 10.0. The molecule has 1 aliphatic heterocycles. The molecule has 1 saturated heterocycles. The zero-order valence-electron chi connectivity index (χ0n) is 19.6. The number of amides is 2. The van der Waals surface area contributed by atoms with Gasteiger partial charge in [0.1, 0.15) is 0 Å². The van der Waals surface area contributed by atoms with Crippen molar-refractivity contribution in [2.45, 2.75) is 31.8 Å². The van der Waals surface area contributed by atoms with Gasteiger partial charge in [0, 0.05) is 47.9 Å². The summed E-state index contributed by atoms with van der Waals surface area (Å²) in [6.07, 6.45) is 2.26. The van der Waals surface area contributed by atoms with E-state index >= 15 is 0 Å².